The van der Waals surface area contributed by atoms with E-state index in [1.807, 2.05) is 12.1 Å². The van der Waals surface area contributed by atoms with Crippen LogP contribution in [0.2, 0.25) is 0 Å². The Labute approximate surface area is 176 Å². The maximum absolute atomic E-state index is 14.8. The molecular weight excluding hydrogens is 366 g/mol. The Balaban J connectivity index is 1.35. The Kier molecular flexibility index (Phi) is 8.38. The molecule has 0 aromatic heterocycles. The number of rotatable bonds is 9. The first-order chi connectivity index (χ1) is 14.0. The molecule has 0 saturated heterocycles. The largest absolute Gasteiger partial charge is 0.497 e. The molecule has 3 heteroatoms. The maximum Gasteiger partial charge on any atom is 0.251 e. The Bertz CT molecular complexity index is 589. The lowest BCUT2D eigenvalue weighted by Gasteiger charge is -2.42. The quantitative estimate of drug-likeness (QED) is 0.377. The van der Waals surface area contributed by atoms with E-state index in [2.05, 4.69) is 19.1 Å². The second kappa shape index (κ2) is 10.8. The molecule has 0 amide bonds. The number of benzene rings is 1. The van der Waals surface area contributed by atoms with Crippen LogP contribution in [0.1, 0.15) is 89.5 Å². The molecule has 0 spiro atoms. The summed E-state index contributed by atoms with van der Waals surface area (Å²) < 4.78 is 34.8. The van der Waals surface area contributed by atoms with Crippen LogP contribution in [0.4, 0.5) is 8.78 Å². The minimum atomic E-state index is -2.42. The summed E-state index contributed by atoms with van der Waals surface area (Å²) in [4.78, 5) is 0. The van der Waals surface area contributed by atoms with Gasteiger partial charge in [-0.15, -0.1) is 0 Å². The highest BCUT2D eigenvalue weighted by molar-refractivity contribution is 5.27. The molecule has 1 aromatic carbocycles. The van der Waals surface area contributed by atoms with Crippen molar-refractivity contribution in [2.45, 2.75) is 96.3 Å². The van der Waals surface area contributed by atoms with Crippen LogP contribution in [-0.2, 0) is 6.42 Å². The van der Waals surface area contributed by atoms with Gasteiger partial charge in [0, 0.05) is 12.3 Å². The lowest BCUT2D eigenvalue weighted by Crippen LogP contribution is -2.41. The normalized spacial score (nSPS) is 29.5. The summed E-state index contributed by atoms with van der Waals surface area (Å²) in [5.41, 5.74) is 1.37. The van der Waals surface area contributed by atoms with Crippen LogP contribution in [0, 0.1) is 23.7 Å². The van der Waals surface area contributed by atoms with Gasteiger partial charge in [-0.3, -0.25) is 0 Å². The molecule has 0 radical (unpaired) electrons. The summed E-state index contributed by atoms with van der Waals surface area (Å²) in [5.74, 6) is -0.571. The van der Waals surface area contributed by atoms with Crippen molar-refractivity contribution in [2.75, 3.05) is 7.11 Å². The number of halogens is 2. The van der Waals surface area contributed by atoms with Crippen molar-refractivity contribution in [3.63, 3.8) is 0 Å². The third kappa shape index (κ3) is 6.43. The lowest BCUT2D eigenvalue weighted by molar-refractivity contribution is -0.128. The molecule has 2 aliphatic rings. The zero-order valence-electron chi connectivity index (χ0n) is 18.5. The molecule has 2 fully saturated rings. The number of methoxy groups -OCH3 is 1. The van der Waals surface area contributed by atoms with Gasteiger partial charge in [-0.1, -0.05) is 57.6 Å². The van der Waals surface area contributed by atoms with Crippen molar-refractivity contribution in [1.82, 2.24) is 0 Å². The molecule has 0 N–H and O–H groups in total. The molecule has 2 saturated carbocycles. The van der Waals surface area contributed by atoms with Gasteiger partial charge in [0.2, 0.25) is 0 Å². The van der Waals surface area contributed by atoms with E-state index in [-0.39, 0.29) is 24.2 Å². The van der Waals surface area contributed by atoms with Gasteiger partial charge in [-0.25, -0.2) is 8.78 Å². The fourth-order valence-corrected chi connectivity index (χ4v) is 5.93. The highest BCUT2D eigenvalue weighted by atomic mass is 19.3. The molecule has 2 atom stereocenters. The van der Waals surface area contributed by atoms with Crippen molar-refractivity contribution in [2.24, 2.45) is 23.7 Å². The van der Waals surface area contributed by atoms with Crippen LogP contribution in [-0.4, -0.2) is 13.0 Å². The fourth-order valence-electron chi connectivity index (χ4n) is 5.93. The van der Waals surface area contributed by atoms with Gasteiger partial charge in [0.15, 0.2) is 0 Å². The molecule has 29 heavy (non-hydrogen) atoms. The van der Waals surface area contributed by atoms with Gasteiger partial charge in [-0.2, -0.15) is 0 Å². The molecular formula is C26H40F2O. The first-order valence-corrected chi connectivity index (χ1v) is 12.0. The van der Waals surface area contributed by atoms with Gasteiger partial charge in [0.25, 0.3) is 5.92 Å². The highest BCUT2D eigenvalue weighted by Gasteiger charge is 2.48. The summed E-state index contributed by atoms with van der Waals surface area (Å²) in [5, 5.41) is 0. The van der Waals surface area contributed by atoms with E-state index in [0.29, 0.717) is 0 Å². The van der Waals surface area contributed by atoms with Crippen molar-refractivity contribution in [3.8, 4) is 5.75 Å². The number of aryl methyl sites for hydroxylation is 1. The predicted octanol–water partition coefficient (Wildman–Crippen LogP) is 8.07. The van der Waals surface area contributed by atoms with Gasteiger partial charge < -0.3 is 4.74 Å². The Morgan fingerprint density at radius 2 is 1.59 bits per heavy atom. The van der Waals surface area contributed by atoms with E-state index in [9.17, 15) is 8.78 Å². The van der Waals surface area contributed by atoms with Crippen molar-refractivity contribution < 1.29 is 13.5 Å². The molecule has 2 aliphatic carbocycles. The van der Waals surface area contributed by atoms with E-state index in [1.165, 1.54) is 24.8 Å². The minimum absolute atomic E-state index is 0.150. The zero-order valence-corrected chi connectivity index (χ0v) is 18.5. The molecule has 0 heterocycles. The second-order valence-corrected chi connectivity index (χ2v) is 9.68. The van der Waals surface area contributed by atoms with Crippen LogP contribution >= 0.6 is 0 Å². The van der Waals surface area contributed by atoms with Crippen molar-refractivity contribution in [1.29, 1.82) is 0 Å². The molecule has 1 aromatic rings. The zero-order chi connectivity index (χ0) is 20.7. The summed E-state index contributed by atoms with van der Waals surface area (Å²) in [6, 6.07) is 8.36. The van der Waals surface area contributed by atoms with Crippen LogP contribution in [0.3, 0.4) is 0 Å². The molecule has 2 unspecified atom stereocenters. The van der Waals surface area contributed by atoms with E-state index in [1.54, 1.807) is 7.11 Å². The standard InChI is InChI=1S/C26H40F2O/c1-3-6-22-13-18-25(26(27,28)19-22)23-14-9-20(10-15-23)7-4-5-8-21-11-16-24(29-2)17-12-21/h11-12,16-17,20,22-23,25H,3-10,13-15,18-19H2,1-2H3. The number of alkyl halides is 2. The number of hydrogen-bond acceptors (Lipinski definition) is 1. The number of unbranched alkanes of at least 4 members (excludes halogenated alkanes) is 1. The van der Waals surface area contributed by atoms with Crippen LogP contribution in [0.15, 0.2) is 24.3 Å². The smallest absolute Gasteiger partial charge is 0.251 e. The van der Waals surface area contributed by atoms with Gasteiger partial charge in [0.1, 0.15) is 5.75 Å². The molecule has 0 bridgehead atoms. The Morgan fingerprint density at radius 3 is 2.21 bits per heavy atom. The predicted molar refractivity (Wildman–Crippen MR) is 117 cm³/mol. The summed E-state index contributed by atoms with van der Waals surface area (Å²) >= 11 is 0. The minimum Gasteiger partial charge on any atom is -0.497 e. The SMILES string of the molecule is CCCC1CCC(C2CCC(CCCCc3ccc(OC)cc3)CC2)C(F)(F)C1. The molecule has 3 rings (SSSR count). The topological polar surface area (TPSA) is 9.23 Å². The molecule has 164 valence electrons. The van der Waals surface area contributed by atoms with E-state index >= 15 is 0 Å². The van der Waals surface area contributed by atoms with Crippen molar-refractivity contribution >= 4 is 0 Å². The first kappa shape index (κ1) is 22.6. The van der Waals surface area contributed by atoms with Crippen LogP contribution < -0.4 is 4.74 Å². The van der Waals surface area contributed by atoms with E-state index in [0.717, 1.165) is 69.5 Å². The van der Waals surface area contributed by atoms with E-state index in [4.69, 9.17) is 4.74 Å². The maximum atomic E-state index is 14.8. The molecule has 1 nitrogen and oxygen atoms in total. The molecule has 0 aliphatic heterocycles. The summed E-state index contributed by atoms with van der Waals surface area (Å²) in [6.07, 6.45) is 13.2. The lowest BCUT2D eigenvalue weighted by atomic mass is 9.66. The van der Waals surface area contributed by atoms with Gasteiger partial charge >= 0.3 is 0 Å². The monoisotopic (exact) mass is 406 g/mol. The average molecular weight is 407 g/mol. The highest BCUT2D eigenvalue weighted by Crippen LogP contribution is 2.50. The first-order valence-electron chi connectivity index (χ1n) is 12.0. The van der Waals surface area contributed by atoms with Crippen LogP contribution in [0.25, 0.3) is 0 Å². The van der Waals surface area contributed by atoms with Gasteiger partial charge in [-0.05, 0) is 74.0 Å². The third-order valence-corrected chi connectivity index (χ3v) is 7.63. The Hall–Kier alpha value is -1.12. The second-order valence-electron chi connectivity index (χ2n) is 9.68. The van der Waals surface area contributed by atoms with Crippen molar-refractivity contribution in [3.05, 3.63) is 29.8 Å². The summed E-state index contributed by atoms with van der Waals surface area (Å²) in [6.45, 7) is 2.11. The fraction of sp³-hybridized carbons (Fsp3) is 0.769. The summed E-state index contributed by atoms with van der Waals surface area (Å²) in [7, 11) is 1.70. The van der Waals surface area contributed by atoms with Crippen LogP contribution in [0.5, 0.6) is 5.75 Å². The third-order valence-electron chi connectivity index (χ3n) is 7.63. The number of ether oxygens (including phenoxy) is 1. The van der Waals surface area contributed by atoms with E-state index < -0.39 is 5.92 Å². The number of hydrogen-bond donors (Lipinski definition) is 0. The average Bonchev–Trinajstić information content (AvgIpc) is 2.72. The van der Waals surface area contributed by atoms with Gasteiger partial charge in [0.05, 0.1) is 7.11 Å². The Morgan fingerprint density at radius 1 is 0.897 bits per heavy atom.